The van der Waals surface area contributed by atoms with Crippen LogP contribution in [0.1, 0.15) is 63.6 Å². The van der Waals surface area contributed by atoms with Gasteiger partial charge in [0.25, 0.3) is 0 Å². The highest BCUT2D eigenvalue weighted by Crippen LogP contribution is 2.44. The first kappa shape index (κ1) is 27.4. The maximum absolute atomic E-state index is 13.4. The van der Waals surface area contributed by atoms with Crippen LogP contribution in [0.3, 0.4) is 0 Å². The van der Waals surface area contributed by atoms with Gasteiger partial charge in [-0.2, -0.15) is 12.6 Å². The van der Waals surface area contributed by atoms with Crippen LogP contribution in [0.5, 0.6) is 0 Å². The maximum atomic E-state index is 13.4. The van der Waals surface area contributed by atoms with Crippen molar-refractivity contribution < 1.29 is 14.4 Å². The van der Waals surface area contributed by atoms with E-state index < -0.39 is 11.6 Å². The molecule has 1 aliphatic carbocycles. The van der Waals surface area contributed by atoms with Gasteiger partial charge in [0, 0.05) is 24.0 Å². The largest absolute Gasteiger partial charge is 0.350 e. The Morgan fingerprint density at radius 1 is 1.25 bits per heavy atom. The summed E-state index contributed by atoms with van der Waals surface area (Å²) < 4.78 is 0. The first-order chi connectivity index (χ1) is 17.2. The lowest BCUT2D eigenvalue weighted by atomic mass is 9.64. The Hall–Kier alpha value is -1.65. The van der Waals surface area contributed by atoms with Gasteiger partial charge < -0.3 is 10.6 Å². The molecule has 1 aromatic heterocycles. The van der Waals surface area contributed by atoms with Crippen LogP contribution in [0.15, 0.2) is 22.5 Å². The molecule has 0 aromatic carbocycles. The topological polar surface area (TPSA) is 101 Å². The Morgan fingerprint density at radius 3 is 2.75 bits per heavy atom. The Balaban J connectivity index is 1.62. The van der Waals surface area contributed by atoms with E-state index in [-0.39, 0.29) is 41.3 Å². The Bertz CT molecular complexity index is 1050. The van der Waals surface area contributed by atoms with E-state index in [1.54, 1.807) is 0 Å². The van der Waals surface area contributed by atoms with E-state index in [4.69, 9.17) is 4.99 Å². The van der Waals surface area contributed by atoms with Gasteiger partial charge in [-0.3, -0.25) is 19.4 Å². The molecule has 1 fully saturated rings. The number of aromatic nitrogens is 1. The zero-order valence-electron chi connectivity index (χ0n) is 21.2. The number of Topliss-reactive ketones (excluding diaryl/α,β-unsaturated/α-hetero) is 1. The standard InChI is InChI=1S/C26H36N4O3S3/c1-15(2)23-20(31)10-17-7-8-18(17)16(6-4-5-9-34)11-21(32)27-12-22-28-19(13-35-22)24-30-26(3,14-36-24)25(33)29-23/h4,6,13,15-18,23,34H,5,7-12,14H2,1-3H3,(H,27,32)(H,29,33)/b6-4+/t16?,17?,18-,23?,26+/m1/s1. The molecule has 1 aromatic rings. The van der Waals surface area contributed by atoms with Crippen LogP contribution in [0.25, 0.3) is 0 Å². The summed E-state index contributed by atoms with van der Waals surface area (Å²) in [5, 5.41) is 9.54. The van der Waals surface area contributed by atoms with Crippen molar-refractivity contribution in [2.45, 2.75) is 71.0 Å². The van der Waals surface area contributed by atoms with E-state index in [1.807, 2.05) is 26.2 Å². The maximum Gasteiger partial charge on any atom is 0.249 e. The predicted octanol–water partition coefficient (Wildman–Crippen LogP) is 4.03. The van der Waals surface area contributed by atoms with Crippen molar-refractivity contribution in [3.8, 4) is 0 Å². The third kappa shape index (κ3) is 6.25. The summed E-state index contributed by atoms with van der Waals surface area (Å²) in [7, 11) is 0. The third-order valence-corrected chi connectivity index (χ3v) is 9.81. The van der Waals surface area contributed by atoms with Crippen molar-refractivity contribution in [2.75, 3.05) is 11.5 Å². The molecule has 10 heteroatoms. The fourth-order valence-corrected chi connectivity index (χ4v) is 7.19. The number of nitrogens with zero attached hydrogens (tertiary/aromatic N) is 2. The summed E-state index contributed by atoms with van der Waals surface area (Å²) in [6.07, 6.45) is 7.88. The summed E-state index contributed by atoms with van der Waals surface area (Å²) >= 11 is 7.29. The molecule has 7 nitrogen and oxygen atoms in total. The number of hydrogen-bond donors (Lipinski definition) is 3. The molecule has 2 N–H and O–H groups in total. The predicted molar refractivity (Wildman–Crippen MR) is 150 cm³/mol. The van der Waals surface area contributed by atoms with Crippen molar-refractivity contribution in [3.05, 3.63) is 28.2 Å². The summed E-state index contributed by atoms with van der Waals surface area (Å²) in [4.78, 5) is 49.1. The van der Waals surface area contributed by atoms with Crippen molar-refractivity contribution in [3.63, 3.8) is 0 Å². The fraction of sp³-hybridized carbons (Fsp3) is 0.654. The van der Waals surface area contributed by atoms with Crippen LogP contribution in [0, 0.1) is 23.7 Å². The van der Waals surface area contributed by atoms with Gasteiger partial charge in [-0.1, -0.05) is 26.0 Å². The summed E-state index contributed by atoms with van der Waals surface area (Å²) in [6.45, 7) is 6.13. The van der Waals surface area contributed by atoms with Gasteiger partial charge in [-0.05, 0) is 55.6 Å². The molecule has 3 heterocycles. The average molecular weight is 549 g/mol. The molecule has 196 valence electrons. The molecule has 4 rings (SSSR count). The van der Waals surface area contributed by atoms with Gasteiger partial charge in [-0.15, -0.1) is 23.1 Å². The van der Waals surface area contributed by atoms with Gasteiger partial charge in [-0.25, -0.2) is 4.98 Å². The molecule has 36 heavy (non-hydrogen) atoms. The number of thioether (sulfide) groups is 1. The lowest BCUT2D eigenvalue weighted by Crippen LogP contribution is -2.53. The van der Waals surface area contributed by atoms with Crippen LogP contribution in [0.4, 0.5) is 0 Å². The normalized spacial score (nSPS) is 31.8. The number of amides is 2. The van der Waals surface area contributed by atoms with E-state index in [2.05, 4.69) is 40.4 Å². The van der Waals surface area contributed by atoms with Crippen LogP contribution < -0.4 is 10.6 Å². The number of nitrogens with one attached hydrogen (secondary N) is 2. The smallest absolute Gasteiger partial charge is 0.249 e. The third-order valence-electron chi connectivity index (χ3n) is 7.42. The summed E-state index contributed by atoms with van der Waals surface area (Å²) in [6, 6.07) is -0.550. The molecule has 2 aliphatic heterocycles. The number of ketones is 1. The van der Waals surface area contributed by atoms with Gasteiger partial charge in [0.05, 0.1) is 12.6 Å². The molecule has 0 saturated heterocycles. The molecule has 2 amide bonds. The van der Waals surface area contributed by atoms with E-state index in [1.165, 1.54) is 23.1 Å². The number of aliphatic imine (C=N–C) groups is 1. The van der Waals surface area contributed by atoms with Crippen LogP contribution in [-0.2, 0) is 20.9 Å². The van der Waals surface area contributed by atoms with Crippen LogP contribution >= 0.6 is 35.7 Å². The monoisotopic (exact) mass is 548 g/mol. The van der Waals surface area contributed by atoms with Gasteiger partial charge in [0.2, 0.25) is 11.8 Å². The average Bonchev–Trinajstić information content (AvgIpc) is 3.45. The number of rotatable bonds is 4. The molecule has 5 atom stereocenters. The number of fused-ring (bicyclic) bond motifs is 5. The highest BCUT2D eigenvalue weighted by molar-refractivity contribution is 8.14. The minimum Gasteiger partial charge on any atom is -0.350 e. The lowest BCUT2D eigenvalue weighted by molar-refractivity contribution is -0.132. The number of allylic oxidation sites excluding steroid dienone is 2. The Labute approximate surface area is 227 Å². The zero-order valence-corrected chi connectivity index (χ0v) is 23.7. The van der Waals surface area contributed by atoms with Gasteiger partial charge in [0.15, 0.2) is 5.78 Å². The second-order valence-electron chi connectivity index (χ2n) is 10.6. The van der Waals surface area contributed by atoms with Crippen LogP contribution in [0.2, 0.25) is 0 Å². The highest BCUT2D eigenvalue weighted by Gasteiger charge is 2.43. The highest BCUT2D eigenvalue weighted by atomic mass is 32.2. The van der Waals surface area contributed by atoms with Crippen molar-refractivity contribution >= 4 is 58.4 Å². The lowest BCUT2D eigenvalue weighted by Gasteiger charge is -2.41. The van der Waals surface area contributed by atoms with Gasteiger partial charge >= 0.3 is 0 Å². The number of carbonyl (C=O) groups excluding carboxylic acids is 3. The van der Waals surface area contributed by atoms with E-state index in [0.717, 1.165) is 40.8 Å². The Kier molecular flexibility index (Phi) is 8.99. The molecule has 1 saturated carbocycles. The van der Waals surface area contributed by atoms with Crippen molar-refractivity contribution in [1.29, 1.82) is 0 Å². The van der Waals surface area contributed by atoms with Gasteiger partial charge in [0.1, 0.15) is 21.3 Å². The summed E-state index contributed by atoms with van der Waals surface area (Å²) in [5.41, 5.74) is -0.216. The second kappa shape index (κ2) is 11.8. The molecule has 0 spiro atoms. The minimum absolute atomic E-state index is 0.00200. The van der Waals surface area contributed by atoms with Crippen molar-refractivity contribution in [1.82, 2.24) is 15.6 Å². The van der Waals surface area contributed by atoms with E-state index >= 15 is 0 Å². The van der Waals surface area contributed by atoms with E-state index in [0.29, 0.717) is 25.1 Å². The van der Waals surface area contributed by atoms with E-state index in [9.17, 15) is 14.4 Å². The molecule has 3 unspecified atom stereocenters. The first-order valence-corrected chi connectivity index (χ1v) is 15.2. The van der Waals surface area contributed by atoms with Crippen LogP contribution in [-0.4, -0.2) is 50.7 Å². The number of thiol groups is 1. The fourth-order valence-electron chi connectivity index (χ4n) is 5.12. The second-order valence-corrected chi connectivity index (χ2v) is 12.9. The molecular weight excluding hydrogens is 513 g/mol. The molecule has 4 bridgehead atoms. The zero-order chi connectivity index (χ0) is 25.9. The molecular formula is C26H36N4O3S3. The number of hydrogen-bond acceptors (Lipinski definition) is 8. The Morgan fingerprint density at radius 2 is 2.06 bits per heavy atom. The minimum atomic E-state index is -0.946. The molecule has 3 aliphatic rings. The van der Waals surface area contributed by atoms with Crippen molar-refractivity contribution in [2.24, 2.45) is 28.7 Å². The summed E-state index contributed by atoms with van der Waals surface area (Å²) in [5.74, 6) is 1.67. The quantitative estimate of drug-likeness (QED) is 0.390. The molecule has 0 radical (unpaired) electrons. The first-order valence-electron chi connectivity index (χ1n) is 12.8. The number of carbonyl (C=O) groups is 3. The SMILES string of the molecule is CC(C)C1NC(=O)[C@]2(C)CSC(=N2)c2csc(n2)CNC(=O)CC(/C=C/CCS)[C@H]2CCC2CC1=O. The number of thiazole rings is 1.